The number of aromatic nitrogens is 1. The molecule has 1 saturated heterocycles. The van der Waals surface area contributed by atoms with Gasteiger partial charge in [-0.25, -0.2) is 8.42 Å². The van der Waals surface area contributed by atoms with Crippen LogP contribution in [0.25, 0.3) is 10.9 Å². The highest BCUT2D eigenvalue weighted by Gasteiger charge is 2.19. The number of morpholine rings is 1. The van der Waals surface area contributed by atoms with Gasteiger partial charge in [0.2, 0.25) is 0 Å². The average molecular weight is 396 g/mol. The third-order valence-corrected chi connectivity index (χ3v) is 6.31. The Kier molecular flexibility index (Phi) is 4.71. The second-order valence-electron chi connectivity index (χ2n) is 6.69. The summed E-state index contributed by atoms with van der Waals surface area (Å²) >= 11 is 0. The predicted molar refractivity (Wildman–Crippen MR) is 108 cm³/mol. The van der Waals surface area contributed by atoms with E-state index < -0.39 is 10.0 Å². The van der Waals surface area contributed by atoms with E-state index in [0.717, 1.165) is 29.7 Å². The summed E-state index contributed by atoms with van der Waals surface area (Å²) in [5.74, 6) is 0. The number of aryl methyl sites for hydroxylation is 1. The molecule has 0 aliphatic carbocycles. The van der Waals surface area contributed by atoms with Gasteiger partial charge in [-0.3, -0.25) is 4.72 Å². The number of nitrogens with one attached hydrogen (secondary N) is 2. The van der Waals surface area contributed by atoms with Crippen molar-refractivity contribution in [2.24, 2.45) is 0 Å². The number of hydrogen-bond donors (Lipinski definition) is 2. The number of anilines is 2. The minimum absolute atomic E-state index is 0.185. The predicted octanol–water partition coefficient (Wildman–Crippen LogP) is 2.99. The van der Waals surface area contributed by atoms with Crippen molar-refractivity contribution in [1.29, 1.82) is 5.26 Å². The fraction of sp³-hybridized carbons (Fsp3) is 0.250. The van der Waals surface area contributed by atoms with Crippen molar-refractivity contribution in [3.63, 3.8) is 0 Å². The Morgan fingerprint density at radius 1 is 1.14 bits per heavy atom. The molecule has 1 aromatic heterocycles. The van der Waals surface area contributed by atoms with Crippen molar-refractivity contribution in [1.82, 2.24) is 4.98 Å². The second-order valence-corrected chi connectivity index (χ2v) is 8.38. The summed E-state index contributed by atoms with van der Waals surface area (Å²) in [6, 6.07) is 12.5. The summed E-state index contributed by atoms with van der Waals surface area (Å²) in [4.78, 5) is 5.36. The molecule has 7 nitrogen and oxygen atoms in total. The van der Waals surface area contributed by atoms with Crippen molar-refractivity contribution in [3.05, 3.63) is 53.7 Å². The van der Waals surface area contributed by atoms with Crippen LogP contribution in [0.2, 0.25) is 0 Å². The van der Waals surface area contributed by atoms with Gasteiger partial charge in [0, 0.05) is 30.4 Å². The Morgan fingerprint density at radius 2 is 1.86 bits per heavy atom. The summed E-state index contributed by atoms with van der Waals surface area (Å²) in [6.45, 7) is 4.82. The Balaban J connectivity index is 1.63. The fourth-order valence-electron chi connectivity index (χ4n) is 3.45. The van der Waals surface area contributed by atoms with Gasteiger partial charge in [-0.2, -0.15) is 5.26 Å². The Bertz CT molecular complexity index is 1150. The van der Waals surface area contributed by atoms with E-state index in [1.807, 2.05) is 19.1 Å². The molecule has 3 aromatic rings. The Morgan fingerprint density at radius 3 is 2.54 bits per heavy atom. The molecule has 0 spiro atoms. The molecule has 4 rings (SSSR count). The number of H-pyrrole nitrogens is 1. The molecule has 1 fully saturated rings. The van der Waals surface area contributed by atoms with Gasteiger partial charge >= 0.3 is 0 Å². The van der Waals surface area contributed by atoms with Crippen molar-refractivity contribution >= 4 is 32.3 Å². The summed E-state index contributed by atoms with van der Waals surface area (Å²) in [7, 11) is -3.76. The minimum atomic E-state index is -3.76. The molecule has 0 bridgehead atoms. The first-order chi connectivity index (χ1) is 13.5. The van der Waals surface area contributed by atoms with Crippen molar-refractivity contribution in [3.8, 4) is 6.07 Å². The number of nitrogens with zero attached hydrogens (tertiary/aromatic N) is 2. The first kappa shape index (κ1) is 18.3. The Labute approximate surface area is 163 Å². The molecule has 0 unspecified atom stereocenters. The zero-order chi connectivity index (χ0) is 19.7. The molecule has 28 heavy (non-hydrogen) atoms. The van der Waals surface area contributed by atoms with Crippen LogP contribution in [0.4, 0.5) is 11.4 Å². The van der Waals surface area contributed by atoms with Gasteiger partial charge in [0.15, 0.2) is 0 Å². The number of ether oxygens (including phenoxy) is 1. The molecule has 0 saturated carbocycles. The molecule has 2 heterocycles. The van der Waals surface area contributed by atoms with Crippen LogP contribution >= 0.6 is 0 Å². The number of hydrogen-bond acceptors (Lipinski definition) is 5. The van der Waals surface area contributed by atoms with Gasteiger partial charge in [0.05, 0.1) is 34.9 Å². The van der Waals surface area contributed by atoms with Gasteiger partial charge in [0.25, 0.3) is 10.0 Å². The zero-order valence-electron chi connectivity index (χ0n) is 15.4. The van der Waals surface area contributed by atoms with Crippen LogP contribution in [0.5, 0.6) is 0 Å². The lowest BCUT2D eigenvalue weighted by Crippen LogP contribution is -2.36. The summed E-state index contributed by atoms with van der Waals surface area (Å²) in [6.07, 6.45) is 1.59. The van der Waals surface area contributed by atoms with Crippen LogP contribution in [0, 0.1) is 18.3 Å². The van der Waals surface area contributed by atoms with Crippen LogP contribution in [0.3, 0.4) is 0 Å². The van der Waals surface area contributed by atoms with E-state index in [9.17, 15) is 13.7 Å². The van der Waals surface area contributed by atoms with E-state index in [1.165, 1.54) is 0 Å². The third kappa shape index (κ3) is 3.30. The lowest BCUT2D eigenvalue weighted by atomic mass is 10.1. The maximum Gasteiger partial charge on any atom is 0.261 e. The van der Waals surface area contributed by atoms with Gasteiger partial charge in [-0.1, -0.05) is 6.07 Å². The number of benzene rings is 2. The maximum atomic E-state index is 12.9. The van der Waals surface area contributed by atoms with E-state index in [-0.39, 0.29) is 4.90 Å². The highest BCUT2D eigenvalue weighted by Crippen LogP contribution is 2.30. The number of sulfonamides is 1. The monoisotopic (exact) mass is 396 g/mol. The number of fused-ring (bicyclic) bond motifs is 1. The van der Waals surface area contributed by atoms with Crippen LogP contribution in [-0.4, -0.2) is 39.7 Å². The normalized spacial score (nSPS) is 14.8. The van der Waals surface area contributed by atoms with Crippen LogP contribution < -0.4 is 9.62 Å². The smallest absolute Gasteiger partial charge is 0.261 e. The van der Waals surface area contributed by atoms with Crippen LogP contribution in [0.15, 0.2) is 47.5 Å². The molecular formula is C20H20N4O3S. The molecular weight excluding hydrogens is 376 g/mol. The summed E-state index contributed by atoms with van der Waals surface area (Å²) in [5, 5.41) is 9.99. The molecule has 0 atom stereocenters. The third-order valence-electron chi connectivity index (χ3n) is 4.93. The van der Waals surface area contributed by atoms with E-state index >= 15 is 0 Å². The topological polar surface area (TPSA) is 98.2 Å². The lowest BCUT2D eigenvalue weighted by molar-refractivity contribution is 0.122. The molecule has 2 aromatic carbocycles. The fourth-order valence-corrected chi connectivity index (χ4v) is 4.53. The van der Waals surface area contributed by atoms with Crippen LogP contribution in [-0.2, 0) is 14.8 Å². The molecule has 2 N–H and O–H groups in total. The largest absolute Gasteiger partial charge is 0.378 e. The molecule has 0 radical (unpaired) electrons. The van der Waals surface area contributed by atoms with Crippen molar-refractivity contribution in [2.75, 3.05) is 35.9 Å². The minimum Gasteiger partial charge on any atom is -0.378 e. The highest BCUT2D eigenvalue weighted by molar-refractivity contribution is 7.92. The first-order valence-corrected chi connectivity index (χ1v) is 10.4. The van der Waals surface area contributed by atoms with Gasteiger partial charge in [-0.15, -0.1) is 0 Å². The van der Waals surface area contributed by atoms with E-state index in [0.29, 0.717) is 30.0 Å². The SMILES string of the molecule is Cc1ccc(NS(=O)(=O)c2ccc(N3CCOCC3)cc2)c2[nH]cc(C#N)c12. The van der Waals surface area contributed by atoms with Gasteiger partial charge in [-0.05, 0) is 42.8 Å². The van der Waals surface area contributed by atoms with Crippen molar-refractivity contribution in [2.45, 2.75) is 11.8 Å². The molecule has 0 amide bonds. The maximum absolute atomic E-state index is 12.9. The first-order valence-electron chi connectivity index (χ1n) is 8.96. The second kappa shape index (κ2) is 7.19. The van der Waals surface area contributed by atoms with Gasteiger partial charge < -0.3 is 14.6 Å². The van der Waals surface area contributed by atoms with Gasteiger partial charge in [0.1, 0.15) is 6.07 Å². The van der Waals surface area contributed by atoms with E-state index in [2.05, 4.69) is 20.7 Å². The average Bonchev–Trinajstić information content (AvgIpc) is 3.16. The number of aromatic amines is 1. The Hall–Kier alpha value is -3.02. The molecule has 8 heteroatoms. The number of rotatable bonds is 4. The molecule has 1 aliphatic heterocycles. The highest BCUT2D eigenvalue weighted by atomic mass is 32.2. The standard InChI is InChI=1S/C20H20N4O3S/c1-14-2-7-18(20-19(14)15(12-21)13-22-20)23-28(25,26)17-5-3-16(4-6-17)24-8-10-27-11-9-24/h2-7,13,22-23H,8-11H2,1H3. The van der Waals surface area contributed by atoms with E-state index in [4.69, 9.17) is 4.74 Å². The quantitative estimate of drug-likeness (QED) is 0.706. The number of nitriles is 1. The summed E-state index contributed by atoms with van der Waals surface area (Å²) in [5.41, 5.74) is 3.39. The zero-order valence-corrected chi connectivity index (χ0v) is 16.2. The van der Waals surface area contributed by atoms with Crippen LogP contribution in [0.1, 0.15) is 11.1 Å². The van der Waals surface area contributed by atoms with E-state index in [1.54, 1.807) is 30.5 Å². The molecule has 144 valence electrons. The van der Waals surface area contributed by atoms with Crippen molar-refractivity contribution < 1.29 is 13.2 Å². The lowest BCUT2D eigenvalue weighted by Gasteiger charge is -2.28. The summed E-state index contributed by atoms with van der Waals surface area (Å²) < 4.78 is 33.7. The molecule has 1 aliphatic rings.